The van der Waals surface area contributed by atoms with Crippen molar-refractivity contribution in [2.24, 2.45) is 23.1 Å². The van der Waals surface area contributed by atoms with Gasteiger partial charge in [0.05, 0.1) is 18.9 Å². The lowest BCUT2D eigenvalue weighted by Gasteiger charge is -2.25. The number of carboxylic acid groups (broad SMARTS) is 2. The first-order valence-electron chi connectivity index (χ1n) is 10.4. The van der Waals surface area contributed by atoms with Gasteiger partial charge >= 0.3 is 11.9 Å². The van der Waals surface area contributed by atoms with Gasteiger partial charge in [0.25, 0.3) is 0 Å². The molecule has 0 spiro atoms. The Kier molecular flexibility index (Phi) is 12.8. The molecular weight excluding hydrogens is 456 g/mol. The molecule has 0 radical (unpaired) electrons. The molecule has 0 aliphatic rings. The van der Waals surface area contributed by atoms with E-state index in [0.29, 0.717) is 6.42 Å². The second-order valence-electron chi connectivity index (χ2n) is 7.71. The fourth-order valence-electron chi connectivity index (χ4n) is 2.71. The summed E-state index contributed by atoms with van der Waals surface area (Å²) in [5.41, 5.74) is 15.7. The molecule has 0 heterocycles. The molecule has 0 fully saturated rings. The minimum atomic E-state index is -1.73. The van der Waals surface area contributed by atoms with Crippen LogP contribution in [0, 0.1) is 5.92 Å². The lowest BCUT2D eigenvalue weighted by Crippen LogP contribution is -2.58. The van der Waals surface area contributed by atoms with Crippen LogP contribution in [0.4, 0.5) is 0 Å². The Morgan fingerprint density at radius 3 is 1.74 bits per heavy atom. The molecule has 0 aliphatic heterocycles. The van der Waals surface area contributed by atoms with Crippen molar-refractivity contribution < 1.29 is 43.8 Å². The Bertz CT molecular complexity index is 803. The van der Waals surface area contributed by atoms with Crippen LogP contribution < -0.4 is 33.2 Å². The Hall–Kier alpha value is -3.75. The van der Waals surface area contributed by atoms with Gasteiger partial charge in [-0.05, 0) is 12.3 Å². The molecule has 0 aromatic carbocycles. The molecule has 0 rings (SSSR count). The highest BCUT2D eigenvalue weighted by Crippen LogP contribution is 2.09. The third kappa shape index (κ3) is 11.2. The van der Waals surface area contributed by atoms with Crippen LogP contribution in [0.1, 0.15) is 46.0 Å². The van der Waals surface area contributed by atoms with E-state index in [9.17, 15) is 38.7 Å². The molecule has 11 N–H and O–H groups in total. The van der Waals surface area contributed by atoms with Crippen LogP contribution in [-0.2, 0) is 33.6 Å². The SMILES string of the molecule is CCC(C)C(NC(=O)C(CC(=O)O)NC(=O)C(CC(N)=O)NC(=O)C(N)CCC(N)=O)C(=O)O. The zero-order valence-electron chi connectivity index (χ0n) is 18.9. The fraction of sp³-hybridized carbons (Fsp3) is 0.632. The molecule has 0 aromatic rings. The van der Waals surface area contributed by atoms with E-state index in [1.165, 1.54) is 0 Å². The first kappa shape index (κ1) is 30.2. The highest BCUT2D eigenvalue weighted by molar-refractivity contribution is 5.97. The largest absolute Gasteiger partial charge is 0.481 e. The molecule has 0 aliphatic carbocycles. The summed E-state index contributed by atoms with van der Waals surface area (Å²) in [6.07, 6.45) is -1.62. The average Bonchev–Trinajstić information content (AvgIpc) is 2.72. The van der Waals surface area contributed by atoms with E-state index in [1.807, 2.05) is 0 Å². The lowest BCUT2D eigenvalue weighted by atomic mass is 9.98. The lowest BCUT2D eigenvalue weighted by molar-refractivity contribution is -0.145. The first-order valence-corrected chi connectivity index (χ1v) is 10.4. The van der Waals surface area contributed by atoms with E-state index in [4.69, 9.17) is 22.3 Å². The summed E-state index contributed by atoms with van der Waals surface area (Å²) in [6.45, 7) is 3.25. The van der Waals surface area contributed by atoms with Crippen molar-refractivity contribution >= 4 is 41.5 Å². The smallest absolute Gasteiger partial charge is 0.326 e. The van der Waals surface area contributed by atoms with E-state index in [-0.39, 0.29) is 12.8 Å². The van der Waals surface area contributed by atoms with Gasteiger partial charge in [-0.25, -0.2) is 4.79 Å². The predicted molar refractivity (Wildman–Crippen MR) is 115 cm³/mol. The van der Waals surface area contributed by atoms with Gasteiger partial charge < -0.3 is 43.4 Å². The maximum absolute atomic E-state index is 12.7. The Labute approximate surface area is 195 Å². The van der Waals surface area contributed by atoms with E-state index in [0.717, 1.165) is 0 Å². The van der Waals surface area contributed by atoms with E-state index in [1.54, 1.807) is 13.8 Å². The third-order valence-corrected chi connectivity index (χ3v) is 4.87. The Morgan fingerprint density at radius 2 is 1.29 bits per heavy atom. The van der Waals surface area contributed by atoms with E-state index >= 15 is 0 Å². The van der Waals surface area contributed by atoms with Gasteiger partial charge in [0.1, 0.15) is 18.1 Å². The summed E-state index contributed by atoms with van der Waals surface area (Å²) in [6, 6.07) is -5.97. The number of nitrogens with two attached hydrogens (primary N) is 3. The highest BCUT2D eigenvalue weighted by atomic mass is 16.4. The standard InChI is InChI=1S/C19H32N6O9/c1-3-8(2)15(19(33)34)25-18(32)11(7-14(28)29)24-17(31)10(6-13(22)27)23-16(30)9(20)4-5-12(21)26/h8-11,15H,3-7,20H2,1-2H3,(H2,21,26)(H2,22,27)(H,23,30)(H,24,31)(H,25,32)(H,28,29)(H,33,34). The second-order valence-corrected chi connectivity index (χ2v) is 7.71. The van der Waals surface area contributed by atoms with Crippen LogP contribution in [0.2, 0.25) is 0 Å². The summed E-state index contributed by atoms with van der Waals surface area (Å²) in [4.78, 5) is 82.3. The minimum Gasteiger partial charge on any atom is -0.481 e. The number of aliphatic carboxylic acids is 2. The van der Waals surface area contributed by atoms with Crippen molar-refractivity contribution in [3.05, 3.63) is 0 Å². The number of carbonyl (C=O) groups excluding carboxylic acids is 5. The van der Waals surface area contributed by atoms with Gasteiger partial charge in [0.2, 0.25) is 29.5 Å². The summed E-state index contributed by atoms with van der Waals surface area (Å²) in [5, 5.41) is 24.9. The van der Waals surface area contributed by atoms with Crippen LogP contribution in [0.15, 0.2) is 0 Å². The molecule has 192 valence electrons. The van der Waals surface area contributed by atoms with Crippen LogP contribution in [0.25, 0.3) is 0 Å². The highest BCUT2D eigenvalue weighted by Gasteiger charge is 2.33. The number of carbonyl (C=O) groups is 7. The molecule has 5 amide bonds. The summed E-state index contributed by atoms with van der Waals surface area (Å²) in [7, 11) is 0. The van der Waals surface area contributed by atoms with Gasteiger partial charge in [-0.1, -0.05) is 20.3 Å². The normalized spacial score (nSPS) is 15.0. The second kappa shape index (κ2) is 14.4. The molecule has 5 atom stereocenters. The fourth-order valence-corrected chi connectivity index (χ4v) is 2.71. The maximum atomic E-state index is 12.7. The molecule has 0 saturated heterocycles. The number of hydrogen-bond acceptors (Lipinski definition) is 8. The quantitative estimate of drug-likeness (QED) is 0.106. The number of carboxylic acids is 2. The molecule has 15 heteroatoms. The third-order valence-electron chi connectivity index (χ3n) is 4.87. The zero-order chi connectivity index (χ0) is 26.6. The van der Waals surface area contributed by atoms with Crippen molar-refractivity contribution in [3.8, 4) is 0 Å². The number of nitrogens with one attached hydrogen (secondary N) is 3. The van der Waals surface area contributed by atoms with Crippen molar-refractivity contribution in [1.82, 2.24) is 16.0 Å². The average molecular weight is 488 g/mol. The zero-order valence-corrected chi connectivity index (χ0v) is 18.9. The Balaban J connectivity index is 5.56. The molecule has 15 nitrogen and oxygen atoms in total. The monoisotopic (exact) mass is 488 g/mol. The summed E-state index contributed by atoms with van der Waals surface area (Å²) >= 11 is 0. The van der Waals surface area contributed by atoms with Crippen LogP contribution >= 0.6 is 0 Å². The molecule has 0 bridgehead atoms. The Morgan fingerprint density at radius 1 is 0.794 bits per heavy atom. The topological polar surface area (TPSA) is 274 Å². The minimum absolute atomic E-state index is 0.150. The summed E-state index contributed by atoms with van der Waals surface area (Å²) < 4.78 is 0. The van der Waals surface area contributed by atoms with Crippen molar-refractivity contribution in [1.29, 1.82) is 0 Å². The van der Waals surface area contributed by atoms with E-state index < -0.39 is 84.4 Å². The molecular formula is C19H32N6O9. The van der Waals surface area contributed by atoms with Crippen LogP contribution in [-0.4, -0.2) is 75.9 Å². The molecule has 5 unspecified atom stereocenters. The maximum Gasteiger partial charge on any atom is 0.326 e. The van der Waals surface area contributed by atoms with Gasteiger partial charge in [-0.2, -0.15) is 0 Å². The van der Waals surface area contributed by atoms with Crippen LogP contribution in [0.3, 0.4) is 0 Å². The van der Waals surface area contributed by atoms with Crippen molar-refractivity contribution in [3.63, 3.8) is 0 Å². The molecule has 34 heavy (non-hydrogen) atoms. The number of hydrogen-bond donors (Lipinski definition) is 8. The van der Waals surface area contributed by atoms with Crippen LogP contribution in [0.5, 0.6) is 0 Å². The van der Waals surface area contributed by atoms with Crippen molar-refractivity contribution in [2.45, 2.75) is 70.1 Å². The summed E-state index contributed by atoms with van der Waals surface area (Å²) in [5.74, 6) is -8.22. The van der Waals surface area contributed by atoms with Gasteiger partial charge in [-0.15, -0.1) is 0 Å². The van der Waals surface area contributed by atoms with Gasteiger partial charge in [0.15, 0.2) is 0 Å². The van der Waals surface area contributed by atoms with Gasteiger partial charge in [0, 0.05) is 6.42 Å². The molecule has 0 aromatic heterocycles. The molecule has 0 saturated carbocycles. The number of amides is 5. The van der Waals surface area contributed by atoms with E-state index in [2.05, 4.69) is 16.0 Å². The van der Waals surface area contributed by atoms with Crippen molar-refractivity contribution in [2.75, 3.05) is 0 Å². The number of rotatable bonds is 16. The first-order chi connectivity index (χ1) is 15.7. The number of primary amides is 2. The van der Waals surface area contributed by atoms with Gasteiger partial charge in [-0.3, -0.25) is 28.8 Å². The predicted octanol–water partition coefficient (Wildman–Crippen LogP) is -3.49.